The summed E-state index contributed by atoms with van der Waals surface area (Å²) in [6, 6.07) is 0. The Morgan fingerprint density at radius 3 is 2.00 bits per heavy atom. The molecule has 0 fully saturated rings. The number of phosphoric acid groups is 1. The number of hydrogen-bond acceptors (Lipinski definition) is 8. The summed E-state index contributed by atoms with van der Waals surface area (Å²) < 4.78 is 31.8. The number of esters is 2. The highest BCUT2D eigenvalue weighted by Gasteiger charge is 2.25. The highest BCUT2D eigenvalue weighted by atomic mass is 31.2. The number of carbonyl (C=O) groups excluding carboxylic acids is 2. The molecule has 0 aliphatic carbocycles. The molecule has 3 N–H and O–H groups in total. The molecule has 0 saturated carbocycles. The average molecular weight is 468 g/mol. The molecule has 184 valence electrons. The molecule has 31 heavy (non-hydrogen) atoms. The Morgan fingerprint density at radius 1 is 0.839 bits per heavy atom. The Kier molecular flexibility index (Phi) is 19.0. The molecule has 2 unspecified atom stereocenters. The van der Waals surface area contributed by atoms with Gasteiger partial charge in [-0.15, -0.1) is 0 Å². The lowest BCUT2D eigenvalue weighted by Gasteiger charge is -2.19. The molecule has 0 bridgehead atoms. The third-order valence-corrected chi connectivity index (χ3v) is 5.48. The first kappa shape index (κ1) is 30.0. The standard InChI is InChI=1S/C21H42NO8P/c1-3-5-7-9-10-12-14-21(24)30-19(18-29-31(25,26)28-16-15-22)17-27-20(23)13-11-8-6-4-2/h19H,3-18,22H2,1-2H3,(H,25,26). The van der Waals surface area contributed by atoms with Gasteiger partial charge in [-0.1, -0.05) is 65.2 Å². The van der Waals surface area contributed by atoms with Crippen molar-refractivity contribution in [3.8, 4) is 0 Å². The van der Waals surface area contributed by atoms with E-state index in [1.54, 1.807) is 0 Å². The van der Waals surface area contributed by atoms with Gasteiger partial charge in [0, 0.05) is 19.4 Å². The maximum atomic E-state index is 12.1. The molecule has 0 aromatic carbocycles. The summed E-state index contributed by atoms with van der Waals surface area (Å²) in [6.45, 7) is 3.46. The van der Waals surface area contributed by atoms with Crippen molar-refractivity contribution in [1.82, 2.24) is 0 Å². The first-order valence-electron chi connectivity index (χ1n) is 11.5. The highest BCUT2D eigenvalue weighted by Crippen LogP contribution is 2.43. The smallest absolute Gasteiger partial charge is 0.462 e. The monoisotopic (exact) mass is 467 g/mol. The lowest BCUT2D eigenvalue weighted by atomic mass is 10.1. The number of rotatable bonds is 21. The van der Waals surface area contributed by atoms with Gasteiger partial charge in [0.1, 0.15) is 6.61 Å². The molecule has 0 aliphatic heterocycles. The minimum atomic E-state index is -4.33. The van der Waals surface area contributed by atoms with Crippen molar-refractivity contribution in [2.24, 2.45) is 5.73 Å². The zero-order valence-electron chi connectivity index (χ0n) is 19.2. The molecular weight excluding hydrogens is 425 g/mol. The average Bonchev–Trinajstić information content (AvgIpc) is 2.74. The maximum Gasteiger partial charge on any atom is 0.472 e. The quantitative estimate of drug-likeness (QED) is 0.144. The van der Waals surface area contributed by atoms with Crippen LogP contribution in [0, 0.1) is 0 Å². The first-order valence-corrected chi connectivity index (χ1v) is 13.0. The van der Waals surface area contributed by atoms with Crippen LogP contribution in [0.1, 0.15) is 90.9 Å². The summed E-state index contributed by atoms with van der Waals surface area (Å²) in [6.07, 6.45) is 9.48. The van der Waals surface area contributed by atoms with Gasteiger partial charge in [0.15, 0.2) is 6.10 Å². The first-order chi connectivity index (χ1) is 14.8. The van der Waals surface area contributed by atoms with Crippen LogP contribution in [0.3, 0.4) is 0 Å². The second kappa shape index (κ2) is 19.7. The summed E-state index contributed by atoms with van der Waals surface area (Å²) in [5.74, 6) is -0.863. The lowest BCUT2D eigenvalue weighted by molar-refractivity contribution is -0.161. The molecule has 9 nitrogen and oxygen atoms in total. The van der Waals surface area contributed by atoms with Crippen LogP contribution in [0.5, 0.6) is 0 Å². The fourth-order valence-electron chi connectivity index (χ4n) is 2.75. The number of ether oxygens (including phenoxy) is 2. The Labute approximate surface area is 186 Å². The summed E-state index contributed by atoms with van der Waals surface area (Å²) >= 11 is 0. The molecule has 0 spiro atoms. The summed E-state index contributed by atoms with van der Waals surface area (Å²) in [5, 5.41) is 0. The van der Waals surface area contributed by atoms with Gasteiger partial charge in [0.2, 0.25) is 0 Å². The van der Waals surface area contributed by atoms with Crippen molar-refractivity contribution in [2.45, 2.75) is 97.0 Å². The second-order valence-electron chi connectivity index (χ2n) is 7.51. The largest absolute Gasteiger partial charge is 0.472 e. The van der Waals surface area contributed by atoms with Crippen LogP contribution in [0.4, 0.5) is 0 Å². The number of hydrogen-bond donors (Lipinski definition) is 2. The summed E-state index contributed by atoms with van der Waals surface area (Å²) in [4.78, 5) is 33.6. The molecule has 0 aliphatic rings. The molecule has 0 radical (unpaired) electrons. The van der Waals surface area contributed by atoms with E-state index in [4.69, 9.17) is 19.7 Å². The number of phosphoric ester groups is 1. The topological polar surface area (TPSA) is 134 Å². The fraction of sp³-hybridized carbons (Fsp3) is 0.905. The van der Waals surface area contributed by atoms with E-state index in [0.717, 1.165) is 51.4 Å². The van der Waals surface area contributed by atoms with Gasteiger partial charge in [-0.2, -0.15) is 0 Å². The zero-order chi connectivity index (χ0) is 23.4. The number of unbranched alkanes of at least 4 members (excludes halogenated alkanes) is 8. The van der Waals surface area contributed by atoms with Crippen LogP contribution in [0.25, 0.3) is 0 Å². The molecule has 0 aromatic heterocycles. The molecule has 0 amide bonds. The van der Waals surface area contributed by atoms with E-state index < -0.39 is 32.5 Å². The third-order valence-electron chi connectivity index (χ3n) is 4.49. The van der Waals surface area contributed by atoms with E-state index in [2.05, 4.69) is 18.4 Å². The van der Waals surface area contributed by atoms with E-state index in [1.807, 2.05) is 0 Å². The van der Waals surface area contributed by atoms with Gasteiger partial charge in [0.05, 0.1) is 13.2 Å². The molecule has 2 atom stereocenters. The number of carbonyl (C=O) groups is 2. The van der Waals surface area contributed by atoms with E-state index in [0.29, 0.717) is 6.42 Å². The van der Waals surface area contributed by atoms with Crippen LogP contribution in [-0.2, 0) is 32.7 Å². The Morgan fingerprint density at radius 2 is 1.39 bits per heavy atom. The van der Waals surface area contributed by atoms with Crippen molar-refractivity contribution in [3.63, 3.8) is 0 Å². The van der Waals surface area contributed by atoms with Crippen molar-refractivity contribution in [3.05, 3.63) is 0 Å². The minimum absolute atomic E-state index is 0.0558. The Balaban J connectivity index is 4.48. The van der Waals surface area contributed by atoms with Gasteiger partial charge < -0.3 is 20.1 Å². The molecular formula is C21H42NO8P. The highest BCUT2D eigenvalue weighted by molar-refractivity contribution is 7.47. The number of nitrogens with two attached hydrogens (primary N) is 1. The van der Waals surface area contributed by atoms with Crippen molar-refractivity contribution in [1.29, 1.82) is 0 Å². The Bertz CT molecular complexity index is 518. The SMILES string of the molecule is CCCCCCCCC(=O)OC(COC(=O)CCCCCC)COP(=O)(O)OCCN. The van der Waals surface area contributed by atoms with Crippen LogP contribution in [-0.4, -0.2) is 49.3 Å². The van der Waals surface area contributed by atoms with Gasteiger partial charge in [-0.3, -0.25) is 18.6 Å². The van der Waals surface area contributed by atoms with Crippen molar-refractivity contribution >= 4 is 19.8 Å². The maximum absolute atomic E-state index is 12.1. The molecule has 0 saturated heterocycles. The van der Waals surface area contributed by atoms with Gasteiger partial charge in [-0.25, -0.2) is 4.57 Å². The predicted molar refractivity (Wildman–Crippen MR) is 118 cm³/mol. The summed E-state index contributed by atoms with van der Waals surface area (Å²) in [7, 11) is -4.33. The molecule has 0 rings (SSSR count). The van der Waals surface area contributed by atoms with E-state index >= 15 is 0 Å². The lowest BCUT2D eigenvalue weighted by Crippen LogP contribution is -2.29. The van der Waals surface area contributed by atoms with Crippen LogP contribution in [0.2, 0.25) is 0 Å². The minimum Gasteiger partial charge on any atom is -0.462 e. The van der Waals surface area contributed by atoms with E-state index in [-0.39, 0.29) is 32.6 Å². The zero-order valence-corrected chi connectivity index (χ0v) is 20.1. The fourth-order valence-corrected chi connectivity index (χ4v) is 3.51. The van der Waals surface area contributed by atoms with Crippen LogP contribution >= 0.6 is 7.82 Å². The second-order valence-corrected chi connectivity index (χ2v) is 8.96. The normalized spacial score (nSPS) is 14.1. The van der Waals surface area contributed by atoms with Gasteiger partial charge in [0.25, 0.3) is 0 Å². The van der Waals surface area contributed by atoms with Crippen LogP contribution in [0.15, 0.2) is 0 Å². The predicted octanol–water partition coefficient (Wildman–Crippen LogP) is 4.25. The summed E-state index contributed by atoms with van der Waals surface area (Å²) in [5.41, 5.74) is 5.24. The van der Waals surface area contributed by atoms with Crippen molar-refractivity contribution in [2.75, 3.05) is 26.4 Å². The van der Waals surface area contributed by atoms with Crippen LogP contribution < -0.4 is 5.73 Å². The van der Waals surface area contributed by atoms with E-state index in [1.165, 1.54) is 6.42 Å². The molecule has 10 heteroatoms. The van der Waals surface area contributed by atoms with Gasteiger partial charge >= 0.3 is 19.8 Å². The molecule has 0 aromatic rings. The Hall–Kier alpha value is -0.990. The molecule has 0 heterocycles. The van der Waals surface area contributed by atoms with Gasteiger partial charge in [-0.05, 0) is 12.8 Å². The van der Waals surface area contributed by atoms with Crippen molar-refractivity contribution < 1.29 is 37.6 Å². The third kappa shape index (κ3) is 19.4. The van der Waals surface area contributed by atoms with E-state index in [9.17, 15) is 19.0 Å².